The Morgan fingerprint density at radius 1 is 1.48 bits per heavy atom. The van der Waals surface area contributed by atoms with E-state index in [4.69, 9.17) is 9.15 Å². The summed E-state index contributed by atoms with van der Waals surface area (Å²) in [6.45, 7) is 2.00. The third-order valence-electron chi connectivity index (χ3n) is 3.28. The number of aromatic nitrogens is 2. The normalized spacial score (nSPS) is 17.3. The summed E-state index contributed by atoms with van der Waals surface area (Å²) < 4.78 is 11.5. The lowest BCUT2D eigenvalue weighted by Gasteiger charge is -2.08. The maximum atomic E-state index is 11.8. The Hall–Kier alpha value is -1.58. The second kappa shape index (κ2) is 8.32. The molecule has 124 valence electrons. The summed E-state index contributed by atoms with van der Waals surface area (Å²) in [5, 5.41) is 14.9. The Morgan fingerprint density at radius 2 is 2.43 bits per heavy atom. The number of hydrogen-bond acceptors (Lipinski definition) is 8. The van der Waals surface area contributed by atoms with Crippen LogP contribution in [0.1, 0.15) is 18.6 Å². The van der Waals surface area contributed by atoms with E-state index in [1.54, 1.807) is 12.3 Å². The molecular formula is C14H18N4O3S2. The molecule has 0 spiro atoms. The lowest BCUT2D eigenvalue weighted by atomic mass is 10.2. The number of thioether (sulfide) groups is 1. The average molecular weight is 354 g/mol. The van der Waals surface area contributed by atoms with E-state index in [-0.39, 0.29) is 12.0 Å². The molecule has 1 atom stereocenters. The molecule has 9 heteroatoms. The van der Waals surface area contributed by atoms with Gasteiger partial charge in [-0.2, -0.15) is 0 Å². The monoisotopic (exact) mass is 354 g/mol. The molecule has 1 unspecified atom stereocenters. The maximum Gasteiger partial charge on any atom is 0.230 e. The number of anilines is 1. The van der Waals surface area contributed by atoms with E-state index in [9.17, 15) is 4.79 Å². The molecule has 3 rings (SSSR count). The van der Waals surface area contributed by atoms with Crippen molar-refractivity contribution in [3.05, 3.63) is 24.2 Å². The predicted octanol–water partition coefficient (Wildman–Crippen LogP) is 2.13. The Kier molecular flexibility index (Phi) is 5.89. The highest BCUT2D eigenvalue weighted by Crippen LogP contribution is 2.25. The zero-order chi connectivity index (χ0) is 15.9. The van der Waals surface area contributed by atoms with Crippen molar-refractivity contribution in [2.24, 2.45) is 0 Å². The number of hydrogen-bond donors (Lipinski definition) is 2. The topological polar surface area (TPSA) is 89.3 Å². The van der Waals surface area contributed by atoms with Gasteiger partial charge < -0.3 is 19.8 Å². The third kappa shape index (κ3) is 5.22. The van der Waals surface area contributed by atoms with Gasteiger partial charge in [-0.1, -0.05) is 23.1 Å². The first-order chi connectivity index (χ1) is 11.3. The zero-order valence-corrected chi connectivity index (χ0v) is 14.1. The van der Waals surface area contributed by atoms with Crippen LogP contribution in [0.4, 0.5) is 5.13 Å². The third-order valence-corrected chi connectivity index (χ3v) is 5.29. The average Bonchev–Trinajstić information content (AvgIpc) is 3.31. The van der Waals surface area contributed by atoms with Gasteiger partial charge in [0.05, 0.1) is 24.7 Å². The summed E-state index contributed by atoms with van der Waals surface area (Å²) in [6, 6.07) is 3.62. The molecule has 23 heavy (non-hydrogen) atoms. The Balaban J connectivity index is 1.35. The fourth-order valence-electron chi connectivity index (χ4n) is 2.12. The number of amides is 1. The van der Waals surface area contributed by atoms with Crippen molar-refractivity contribution >= 4 is 34.1 Å². The quantitative estimate of drug-likeness (QED) is 0.702. The number of carbonyl (C=O) groups excluding carboxylic acids is 1. The molecule has 1 aliphatic rings. The Bertz CT molecular complexity index is 611. The molecule has 0 radical (unpaired) electrons. The predicted molar refractivity (Wildman–Crippen MR) is 88.7 cm³/mol. The van der Waals surface area contributed by atoms with Crippen LogP contribution in [0.25, 0.3) is 0 Å². The molecule has 0 bridgehead atoms. The first-order valence-electron chi connectivity index (χ1n) is 7.40. The first-order valence-corrected chi connectivity index (χ1v) is 9.20. The minimum absolute atomic E-state index is 0.0598. The molecular weight excluding hydrogens is 336 g/mol. The van der Waals surface area contributed by atoms with Crippen LogP contribution in [0.5, 0.6) is 0 Å². The van der Waals surface area contributed by atoms with Crippen molar-refractivity contribution in [2.45, 2.75) is 29.8 Å². The van der Waals surface area contributed by atoms with E-state index < -0.39 is 0 Å². The van der Waals surface area contributed by atoms with E-state index in [0.29, 0.717) is 12.3 Å². The summed E-state index contributed by atoms with van der Waals surface area (Å²) >= 11 is 2.83. The van der Waals surface area contributed by atoms with Crippen molar-refractivity contribution in [1.82, 2.24) is 15.5 Å². The number of ether oxygens (including phenoxy) is 1. The molecule has 0 aromatic carbocycles. The molecule has 3 heterocycles. The van der Waals surface area contributed by atoms with Gasteiger partial charge in [0.1, 0.15) is 5.76 Å². The van der Waals surface area contributed by atoms with Crippen molar-refractivity contribution in [3.8, 4) is 0 Å². The van der Waals surface area contributed by atoms with Crippen molar-refractivity contribution < 1.29 is 13.9 Å². The van der Waals surface area contributed by atoms with E-state index >= 15 is 0 Å². The van der Waals surface area contributed by atoms with Gasteiger partial charge in [-0.05, 0) is 25.0 Å². The number of nitrogens with zero attached hydrogens (tertiary/aromatic N) is 2. The Morgan fingerprint density at radius 3 is 3.22 bits per heavy atom. The minimum Gasteiger partial charge on any atom is -0.467 e. The smallest absolute Gasteiger partial charge is 0.230 e. The highest BCUT2D eigenvalue weighted by atomic mass is 32.2. The fraction of sp³-hybridized carbons (Fsp3) is 0.500. The number of nitrogens with one attached hydrogen (secondary N) is 2. The standard InChI is InChI=1S/C14H18N4O3S2/c19-12(15-7-10-3-1-5-20-10)9-22-14-18-17-13(23-14)16-8-11-4-2-6-21-11/h1,3,5,11H,2,4,6-9H2,(H,15,19)(H,16,17). The van der Waals surface area contributed by atoms with Gasteiger partial charge in [0.25, 0.3) is 0 Å². The summed E-state index contributed by atoms with van der Waals surface area (Å²) in [6.07, 6.45) is 4.06. The SMILES string of the molecule is O=C(CSc1nnc(NCC2CCCO2)s1)NCc1ccco1. The van der Waals surface area contributed by atoms with Gasteiger partial charge in [-0.25, -0.2) is 0 Å². The van der Waals surface area contributed by atoms with Crippen molar-refractivity contribution in [2.75, 3.05) is 24.2 Å². The van der Waals surface area contributed by atoms with Crippen LogP contribution in [-0.2, 0) is 16.1 Å². The van der Waals surface area contributed by atoms with Gasteiger partial charge in [-0.3, -0.25) is 4.79 Å². The molecule has 1 saturated heterocycles. The van der Waals surface area contributed by atoms with Crippen LogP contribution >= 0.6 is 23.1 Å². The number of carbonyl (C=O) groups is 1. The van der Waals surface area contributed by atoms with Crippen LogP contribution < -0.4 is 10.6 Å². The van der Waals surface area contributed by atoms with Crippen LogP contribution in [0.2, 0.25) is 0 Å². The largest absolute Gasteiger partial charge is 0.467 e. The van der Waals surface area contributed by atoms with Crippen molar-refractivity contribution in [3.63, 3.8) is 0 Å². The highest BCUT2D eigenvalue weighted by molar-refractivity contribution is 8.01. The molecule has 1 fully saturated rings. The van der Waals surface area contributed by atoms with Crippen LogP contribution in [0.15, 0.2) is 27.2 Å². The van der Waals surface area contributed by atoms with Crippen LogP contribution in [0.3, 0.4) is 0 Å². The van der Waals surface area contributed by atoms with Crippen molar-refractivity contribution in [1.29, 1.82) is 0 Å². The van der Waals surface area contributed by atoms with Gasteiger partial charge in [0.2, 0.25) is 11.0 Å². The Labute approximate surface area is 142 Å². The lowest BCUT2D eigenvalue weighted by molar-refractivity contribution is -0.118. The summed E-state index contributed by atoms with van der Waals surface area (Å²) in [5.74, 6) is 0.983. The van der Waals surface area contributed by atoms with Gasteiger partial charge in [0, 0.05) is 13.2 Å². The van der Waals surface area contributed by atoms with Gasteiger partial charge >= 0.3 is 0 Å². The molecule has 0 aliphatic carbocycles. The summed E-state index contributed by atoms with van der Waals surface area (Å²) in [7, 11) is 0. The van der Waals surface area contributed by atoms with Gasteiger partial charge in [-0.15, -0.1) is 10.2 Å². The summed E-state index contributed by atoms with van der Waals surface area (Å²) in [5.41, 5.74) is 0. The molecule has 1 aliphatic heterocycles. The first kappa shape index (κ1) is 16.3. The highest BCUT2D eigenvalue weighted by Gasteiger charge is 2.16. The van der Waals surface area contributed by atoms with E-state index in [1.807, 2.05) is 6.07 Å². The molecule has 1 amide bonds. The molecule has 2 aromatic rings. The minimum atomic E-state index is -0.0598. The molecule has 0 saturated carbocycles. The maximum absolute atomic E-state index is 11.8. The second-order valence-electron chi connectivity index (χ2n) is 5.03. The van der Waals surface area contributed by atoms with Crippen LogP contribution in [-0.4, -0.2) is 41.1 Å². The summed E-state index contributed by atoms with van der Waals surface area (Å²) in [4.78, 5) is 11.8. The fourth-order valence-corrected chi connectivity index (χ4v) is 3.71. The van der Waals surface area contributed by atoms with E-state index in [2.05, 4.69) is 20.8 Å². The van der Waals surface area contributed by atoms with Crippen LogP contribution in [0, 0.1) is 0 Å². The number of furan rings is 1. The van der Waals surface area contributed by atoms with E-state index in [1.165, 1.54) is 23.1 Å². The van der Waals surface area contributed by atoms with E-state index in [0.717, 1.165) is 41.2 Å². The zero-order valence-electron chi connectivity index (χ0n) is 12.5. The number of rotatable bonds is 8. The van der Waals surface area contributed by atoms with Gasteiger partial charge in [0.15, 0.2) is 4.34 Å². The lowest BCUT2D eigenvalue weighted by Crippen LogP contribution is -2.24. The molecule has 2 N–H and O–H groups in total. The molecule has 7 nitrogen and oxygen atoms in total. The second-order valence-corrected chi connectivity index (χ2v) is 7.23. The molecule has 2 aromatic heterocycles.